The van der Waals surface area contributed by atoms with Crippen LogP contribution in [0.5, 0.6) is 0 Å². The highest BCUT2D eigenvalue weighted by Crippen LogP contribution is 2.34. The topological polar surface area (TPSA) is 132 Å². The van der Waals surface area contributed by atoms with Crippen LogP contribution in [-0.2, 0) is 20.9 Å². The van der Waals surface area contributed by atoms with E-state index in [1.165, 1.54) is 0 Å². The minimum absolute atomic E-state index is 0.0652. The number of H-pyrrole nitrogens is 2. The van der Waals surface area contributed by atoms with Crippen molar-refractivity contribution in [3.63, 3.8) is 0 Å². The fourth-order valence-corrected chi connectivity index (χ4v) is 6.76. The van der Waals surface area contributed by atoms with Crippen LogP contribution in [-0.4, -0.2) is 78.9 Å². The summed E-state index contributed by atoms with van der Waals surface area (Å²) >= 11 is 0. The molecule has 1 saturated heterocycles. The van der Waals surface area contributed by atoms with Crippen LogP contribution in [0.25, 0.3) is 33.6 Å². The molecule has 1 aliphatic rings. The molecule has 11 heteroatoms. The average molecular weight is 703 g/mol. The molecule has 3 aromatic heterocycles. The van der Waals surface area contributed by atoms with Gasteiger partial charge in [-0.15, -0.1) is 0 Å². The number of carbonyl (C=O) groups is 2. The van der Waals surface area contributed by atoms with Crippen LogP contribution < -0.4 is 5.32 Å². The number of aromatic amines is 2. The molecule has 3 N–H and O–H groups in total. The number of likely N-dealkylation sites (tertiary alicyclic amines) is 1. The first-order chi connectivity index (χ1) is 25.2. The van der Waals surface area contributed by atoms with Crippen molar-refractivity contribution in [1.29, 1.82) is 0 Å². The number of aromatic nitrogens is 5. The highest BCUT2D eigenvalue weighted by atomic mass is 16.5. The lowest BCUT2D eigenvalue weighted by Crippen LogP contribution is -2.45. The number of ether oxygens (including phenoxy) is 1. The molecule has 0 saturated carbocycles. The quantitative estimate of drug-likeness (QED) is 0.103. The van der Waals surface area contributed by atoms with Crippen molar-refractivity contribution in [2.45, 2.75) is 78.1 Å². The van der Waals surface area contributed by atoms with Gasteiger partial charge in [0.15, 0.2) is 0 Å². The molecule has 3 unspecified atom stereocenters. The number of hydrogen-bond acceptors (Lipinski definition) is 7. The van der Waals surface area contributed by atoms with Gasteiger partial charge in [0, 0.05) is 32.6 Å². The van der Waals surface area contributed by atoms with Crippen molar-refractivity contribution in [1.82, 2.24) is 34.7 Å². The van der Waals surface area contributed by atoms with Crippen LogP contribution in [0, 0.1) is 5.92 Å². The van der Waals surface area contributed by atoms with Gasteiger partial charge < -0.3 is 29.8 Å². The molecule has 3 atom stereocenters. The van der Waals surface area contributed by atoms with Crippen LogP contribution in [0.4, 0.5) is 5.69 Å². The molecule has 272 valence electrons. The van der Waals surface area contributed by atoms with Crippen molar-refractivity contribution >= 4 is 17.5 Å². The molecule has 2 amide bonds. The second-order valence-electron chi connectivity index (χ2n) is 13.9. The van der Waals surface area contributed by atoms with Gasteiger partial charge in [-0.05, 0) is 66.5 Å². The van der Waals surface area contributed by atoms with E-state index in [2.05, 4.69) is 94.6 Å². The Morgan fingerprint density at radius 2 is 1.58 bits per heavy atom. The highest BCUT2D eigenvalue weighted by Gasteiger charge is 2.36. The number of anilines is 1. The standard InChI is InChI=1S/C41H50N8O3/c1-6-20-48(38(50)22-28(4)52-5)26-37-43-24-34(46-37)31-15-11-29(12-16-31)30-13-17-32(18-14-30)35-25-44-40(47-35)36-10-8-21-49(36)41(51)39(27(2)3)45-33-9-7-19-42-23-33/h7,9,11-19,23-25,27-28,36,39,45H,6,8,10,20-22,26H2,1-5H3,(H,43,46)(H,44,47). The lowest BCUT2D eigenvalue weighted by molar-refractivity contribution is -0.135. The molecule has 11 nitrogen and oxygen atoms in total. The third kappa shape index (κ3) is 8.59. The molecular formula is C41H50N8O3. The van der Waals surface area contributed by atoms with Gasteiger partial charge in [0.1, 0.15) is 17.7 Å². The molecular weight excluding hydrogens is 653 g/mol. The smallest absolute Gasteiger partial charge is 0.245 e. The van der Waals surface area contributed by atoms with Gasteiger partial charge in [0.25, 0.3) is 0 Å². The zero-order valence-corrected chi connectivity index (χ0v) is 30.8. The van der Waals surface area contributed by atoms with E-state index in [1.54, 1.807) is 19.5 Å². The van der Waals surface area contributed by atoms with Crippen molar-refractivity contribution in [3.8, 4) is 33.6 Å². The number of amides is 2. The number of nitrogens with zero attached hydrogens (tertiary/aromatic N) is 5. The summed E-state index contributed by atoms with van der Waals surface area (Å²) in [5, 5.41) is 3.40. The summed E-state index contributed by atoms with van der Waals surface area (Å²) in [6, 6.07) is 20.2. The van der Waals surface area contributed by atoms with Crippen molar-refractivity contribution in [2.75, 3.05) is 25.5 Å². The number of benzene rings is 2. The largest absolute Gasteiger partial charge is 0.381 e. The van der Waals surface area contributed by atoms with E-state index in [9.17, 15) is 9.59 Å². The number of imidazole rings is 2. The Morgan fingerprint density at radius 1 is 0.923 bits per heavy atom. The first kappa shape index (κ1) is 36.5. The monoisotopic (exact) mass is 702 g/mol. The Kier molecular flexibility index (Phi) is 11.8. The maximum Gasteiger partial charge on any atom is 0.245 e. The van der Waals surface area contributed by atoms with Gasteiger partial charge in [-0.1, -0.05) is 69.3 Å². The third-order valence-electron chi connectivity index (χ3n) is 9.77. The Labute approximate surface area is 306 Å². The predicted molar refractivity (Wildman–Crippen MR) is 204 cm³/mol. The fraction of sp³-hybridized carbons (Fsp3) is 0.390. The predicted octanol–water partition coefficient (Wildman–Crippen LogP) is 7.49. The number of rotatable bonds is 15. The average Bonchev–Trinajstić information content (AvgIpc) is 3.96. The SMILES string of the molecule is CCCN(Cc1ncc(-c2ccc(-c3ccc(-c4cnc(C5CCCN5C(=O)C(Nc5cccnc5)C(C)C)[nH]4)cc3)cc2)[nH]1)C(=O)CC(C)OC. The van der Waals surface area contributed by atoms with Gasteiger partial charge >= 0.3 is 0 Å². The molecule has 1 fully saturated rings. The summed E-state index contributed by atoms with van der Waals surface area (Å²) in [5.74, 6) is 1.83. The molecule has 52 heavy (non-hydrogen) atoms. The maximum absolute atomic E-state index is 13.8. The summed E-state index contributed by atoms with van der Waals surface area (Å²) in [4.78, 5) is 50.9. The Morgan fingerprint density at radius 3 is 2.19 bits per heavy atom. The van der Waals surface area contributed by atoms with Gasteiger partial charge in [0.2, 0.25) is 11.8 Å². The first-order valence-corrected chi connectivity index (χ1v) is 18.3. The zero-order valence-electron chi connectivity index (χ0n) is 30.8. The summed E-state index contributed by atoms with van der Waals surface area (Å²) in [6.07, 6.45) is 10.1. The Hall–Kier alpha value is -5.29. The maximum atomic E-state index is 13.8. The van der Waals surface area contributed by atoms with Crippen LogP contribution >= 0.6 is 0 Å². The number of nitrogens with one attached hydrogen (secondary N) is 3. The van der Waals surface area contributed by atoms with E-state index in [0.717, 1.165) is 70.2 Å². The lowest BCUT2D eigenvalue weighted by Gasteiger charge is -2.30. The normalized spacial score (nSPS) is 15.5. The summed E-state index contributed by atoms with van der Waals surface area (Å²) in [5.41, 5.74) is 6.94. The lowest BCUT2D eigenvalue weighted by atomic mass is 10.0. The molecule has 5 aromatic rings. The van der Waals surface area contributed by atoms with Gasteiger partial charge in [-0.2, -0.15) is 0 Å². The Balaban J connectivity index is 1.09. The minimum atomic E-state index is -0.355. The molecule has 1 aliphatic heterocycles. The van der Waals surface area contributed by atoms with Gasteiger partial charge in [-0.3, -0.25) is 14.6 Å². The fourth-order valence-electron chi connectivity index (χ4n) is 6.76. The van der Waals surface area contributed by atoms with Gasteiger partial charge in [-0.25, -0.2) is 9.97 Å². The highest BCUT2D eigenvalue weighted by molar-refractivity contribution is 5.85. The van der Waals surface area contributed by atoms with E-state index >= 15 is 0 Å². The molecule has 6 rings (SSSR count). The van der Waals surface area contributed by atoms with E-state index in [1.807, 2.05) is 41.2 Å². The summed E-state index contributed by atoms with van der Waals surface area (Å²) in [6.45, 7) is 9.92. The molecule has 4 heterocycles. The third-order valence-corrected chi connectivity index (χ3v) is 9.77. The number of methoxy groups -OCH3 is 1. The van der Waals surface area contributed by atoms with E-state index < -0.39 is 0 Å². The molecule has 0 bridgehead atoms. The van der Waals surface area contributed by atoms with E-state index in [4.69, 9.17) is 9.72 Å². The van der Waals surface area contributed by atoms with Crippen LogP contribution in [0.2, 0.25) is 0 Å². The van der Waals surface area contributed by atoms with Crippen LogP contribution in [0.15, 0.2) is 85.5 Å². The van der Waals surface area contributed by atoms with Gasteiger partial charge in [0.05, 0.1) is 54.6 Å². The van der Waals surface area contributed by atoms with Crippen molar-refractivity contribution in [3.05, 3.63) is 97.1 Å². The Bertz CT molecular complexity index is 1900. The molecule has 0 aliphatic carbocycles. The van der Waals surface area contributed by atoms with Crippen molar-refractivity contribution in [2.24, 2.45) is 5.92 Å². The molecule has 0 radical (unpaired) electrons. The molecule has 0 spiro atoms. The number of pyridine rings is 1. The number of hydrogen-bond donors (Lipinski definition) is 3. The second-order valence-corrected chi connectivity index (χ2v) is 13.9. The van der Waals surface area contributed by atoms with E-state index in [-0.39, 0.29) is 35.9 Å². The summed E-state index contributed by atoms with van der Waals surface area (Å²) < 4.78 is 5.29. The molecule has 2 aromatic carbocycles. The second kappa shape index (κ2) is 16.8. The number of carbonyl (C=O) groups excluding carboxylic acids is 2. The van der Waals surface area contributed by atoms with Crippen LogP contribution in [0.3, 0.4) is 0 Å². The van der Waals surface area contributed by atoms with E-state index in [0.29, 0.717) is 26.1 Å². The minimum Gasteiger partial charge on any atom is -0.381 e. The van der Waals surface area contributed by atoms with Crippen LogP contribution in [0.1, 0.15) is 71.1 Å². The first-order valence-electron chi connectivity index (χ1n) is 18.3. The zero-order chi connectivity index (χ0) is 36.6. The summed E-state index contributed by atoms with van der Waals surface area (Å²) in [7, 11) is 1.63. The van der Waals surface area contributed by atoms with Crippen molar-refractivity contribution < 1.29 is 14.3 Å².